The summed E-state index contributed by atoms with van der Waals surface area (Å²) in [6.07, 6.45) is -4.52. The van der Waals surface area contributed by atoms with E-state index in [9.17, 15) is 22.4 Å². The molecule has 0 aliphatic carbocycles. The van der Waals surface area contributed by atoms with Crippen LogP contribution in [0.1, 0.15) is 40.0 Å². The van der Waals surface area contributed by atoms with Crippen LogP contribution in [0.4, 0.5) is 17.6 Å². The second-order valence-electron chi connectivity index (χ2n) is 8.00. The number of halogens is 6. The third kappa shape index (κ3) is 4.33. The first-order valence-electron chi connectivity index (χ1n) is 10.1. The van der Waals surface area contributed by atoms with Crippen molar-refractivity contribution in [1.29, 1.82) is 0 Å². The van der Waals surface area contributed by atoms with Crippen LogP contribution in [-0.4, -0.2) is 34.6 Å². The van der Waals surface area contributed by atoms with Gasteiger partial charge in [0, 0.05) is 42.8 Å². The number of rotatable bonds is 3. The number of likely N-dealkylation sites (tertiary alicyclic amines) is 1. The Morgan fingerprint density at radius 2 is 1.78 bits per heavy atom. The quantitative estimate of drug-likeness (QED) is 0.379. The van der Waals surface area contributed by atoms with Crippen LogP contribution in [0.3, 0.4) is 0 Å². The van der Waals surface area contributed by atoms with Gasteiger partial charge in [-0.15, -0.1) is 0 Å². The Balaban J connectivity index is 1.67. The van der Waals surface area contributed by atoms with E-state index in [-0.39, 0.29) is 22.9 Å². The first-order chi connectivity index (χ1) is 15.1. The van der Waals surface area contributed by atoms with Crippen molar-refractivity contribution in [2.24, 2.45) is 7.05 Å². The van der Waals surface area contributed by atoms with Gasteiger partial charge in [-0.1, -0.05) is 29.3 Å². The molecule has 1 saturated heterocycles. The average Bonchev–Trinajstić information content (AvgIpc) is 3.05. The van der Waals surface area contributed by atoms with E-state index in [1.54, 1.807) is 34.7 Å². The third-order valence-corrected chi connectivity index (χ3v) is 6.74. The zero-order valence-electron chi connectivity index (χ0n) is 17.1. The van der Waals surface area contributed by atoms with Crippen LogP contribution < -0.4 is 0 Å². The number of hydrogen-bond acceptors (Lipinski definition) is 1. The minimum Gasteiger partial charge on any atom is -0.347 e. The fourth-order valence-electron chi connectivity index (χ4n) is 4.06. The second-order valence-corrected chi connectivity index (χ2v) is 8.78. The molecule has 1 amide bonds. The van der Waals surface area contributed by atoms with Crippen LogP contribution in [0.5, 0.6) is 0 Å². The highest BCUT2D eigenvalue weighted by Crippen LogP contribution is 2.35. The number of amides is 1. The molecule has 2 heterocycles. The van der Waals surface area contributed by atoms with Crippen molar-refractivity contribution in [3.63, 3.8) is 0 Å². The summed E-state index contributed by atoms with van der Waals surface area (Å²) >= 11 is 13.0. The van der Waals surface area contributed by atoms with Crippen LogP contribution in [0.2, 0.25) is 10.0 Å². The highest BCUT2D eigenvalue weighted by molar-refractivity contribution is 6.38. The van der Waals surface area contributed by atoms with Gasteiger partial charge in [0.25, 0.3) is 5.91 Å². The number of nitrogens with zero attached hydrogens (tertiary/aromatic N) is 2. The summed E-state index contributed by atoms with van der Waals surface area (Å²) in [5.41, 5.74) is 1.20. The number of aromatic nitrogens is 1. The number of carbonyl (C=O) groups excluding carboxylic acids is 1. The van der Waals surface area contributed by atoms with Gasteiger partial charge in [-0.25, -0.2) is 4.39 Å². The number of alkyl halides is 4. The van der Waals surface area contributed by atoms with E-state index >= 15 is 0 Å². The maximum atomic E-state index is 13.4. The largest absolute Gasteiger partial charge is 0.416 e. The molecule has 0 atom stereocenters. The number of piperidine rings is 1. The highest BCUT2D eigenvalue weighted by atomic mass is 35.5. The van der Waals surface area contributed by atoms with E-state index in [2.05, 4.69) is 0 Å². The zero-order chi connectivity index (χ0) is 23.2. The molecule has 0 saturated carbocycles. The molecule has 32 heavy (non-hydrogen) atoms. The van der Waals surface area contributed by atoms with Gasteiger partial charge in [-0.3, -0.25) is 4.79 Å². The van der Waals surface area contributed by atoms with E-state index in [0.29, 0.717) is 53.1 Å². The van der Waals surface area contributed by atoms with Gasteiger partial charge >= 0.3 is 6.18 Å². The summed E-state index contributed by atoms with van der Waals surface area (Å²) in [5.74, 6) is -0.285. The lowest BCUT2D eigenvalue weighted by atomic mass is 10.0. The van der Waals surface area contributed by atoms with Crippen molar-refractivity contribution in [2.45, 2.75) is 31.6 Å². The normalized spacial score (nSPS) is 15.5. The lowest BCUT2D eigenvalue weighted by Gasteiger charge is -2.29. The second kappa shape index (κ2) is 8.60. The van der Waals surface area contributed by atoms with Crippen molar-refractivity contribution in [1.82, 2.24) is 9.47 Å². The topological polar surface area (TPSA) is 25.2 Å². The lowest BCUT2D eigenvalue weighted by Crippen LogP contribution is -2.39. The minimum absolute atomic E-state index is 0.200. The van der Waals surface area contributed by atoms with Crippen LogP contribution in [0, 0.1) is 0 Å². The van der Waals surface area contributed by atoms with Gasteiger partial charge in [-0.05, 0) is 54.1 Å². The van der Waals surface area contributed by atoms with Gasteiger partial charge in [-0.2, -0.15) is 13.2 Å². The van der Waals surface area contributed by atoms with E-state index in [0.717, 1.165) is 12.1 Å². The fourth-order valence-corrected chi connectivity index (χ4v) is 4.65. The predicted molar refractivity (Wildman–Crippen MR) is 117 cm³/mol. The van der Waals surface area contributed by atoms with Crippen LogP contribution >= 0.6 is 23.2 Å². The molecular weight excluding hydrogens is 467 g/mol. The van der Waals surface area contributed by atoms with Crippen molar-refractivity contribution in [3.05, 3.63) is 68.8 Å². The molecule has 0 unspecified atom stereocenters. The monoisotopic (exact) mass is 486 g/mol. The Kier molecular flexibility index (Phi) is 6.16. The van der Waals surface area contributed by atoms with Crippen LogP contribution in [0.15, 0.2) is 36.4 Å². The number of hydrogen-bond donors (Lipinski definition) is 0. The summed E-state index contributed by atoms with van der Waals surface area (Å²) < 4.78 is 54.4. The molecule has 0 N–H and O–H groups in total. The maximum absolute atomic E-state index is 13.4. The number of aryl methyl sites for hydroxylation is 1. The highest BCUT2D eigenvalue weighted by Gasteiger charge is 2.31. The van der Waals surface area contributed by atoms with Crippen LogP contribution in [-0.2, 0) is 19.6 Å². The number of benzene rings is 2. The summed E-state index contributed by atoms with van der Waals surface area (Å²) in [7, 11) is 1.68. The van der Waals surface area contributed by atoms with E-state index in [1.165, 1.54) is 6.07 Å². The van der Waals surface area contributed by atoms with Gasteiger partial charge < -0.3 is 9.47 Å². The van der Waals surface area contributed by atoms with E-state index in [4.69, 9.17) is 23.2 Å². The Bertz CT molecular complexity index is 1180. The molecule has 1 fully saturated rings. The molecule has 3 nitrogen and oxygen atoms in total. The Hall–Kier alpha value is -2.25. The number of fused-ring (bicyclic) bond motifs is 1. The SMILES string of the molecule is Cn1c(Cc2c(Cl)ccc(C(=O)N3CCC(F)CC3)c2Cl)cc2ccc(C(F)(F)F)cc21. The third-order valence-electron chi connectivity index (χ3n) is 5.96. The molecule has 0 radical (unpaired) electrons. The Labute approximate surface area is 192 Å². The molecule has 4 rings (SSSR count). The zero-order valence-corrected chi connectivity index (χ0v) is 18.7. The number of carbonyl (C=O) groups is 1. The predicted octanol–water partition coefficient (Wildman–Crippen LogP) is 6.67. The van der Waals surface area contributed by atoms with Gasteiger partial charge in [0.1, 0.15) is 6.17 Å². The van der Waals surface area contributed by atoms with Gasteiger partial charge in [0.05, 0.1) is 16.1 Å². The molecule has 9 heteroatoms. The molecule has 1 aliphatic heterocycles. The Morgan fingerprint density at radius 1 is 1.09 bits per heavy atom. The Morgan fingerprint density at radius 3 is 2.44 bits per heavy atom. The van der Waals surface area contributed by atoms with Gasteiger partial charge in [0.15, 0.2) is 0 Å². The van der Waals surface area contributed by atoms with Gasteiger partial charge in [0.2, 0.25) is 0 Å². The first-order valence-corrected chi connectivity index (χ1v) is 10.9. The van der Waals surface area contributed by atoms with Crippen molar-refractivity contribution < 1.29 is 22.4 Å². The summed E-state index contributed by atoms with van der Waals surface area (Å²) in [6, 6.07) is 8.50. The molecular formula is C23H20Cl2F4N2O. The molecule has 170 valence electrons. The average molecular weight is 487 g/mol. The van der Waals surface area contributed by atoms with Crippen molar-refractivity contribution in [3.8, 4) is 0 Å². The van der Waals surface area contributed by atoms with E-state index in [1.807, 2.05) is 0 Å². The molecule has 1 aromatic heterocycles. The van der Waals surface area contributed by atoms with Crippen LogP contribution in [0.25, 0.3) is 10.9 Å². The smallest absolute Gasteiger partial charge is 0.347 e. The molecule has 1 aliphatic rings. The minimum atomic E-state index is -4.43. The lowest BCUT2D eigenvalue weighted by molar-refractivity contribution is -0.137. The molecule has 0 spiro atoms. The fraction of sp³-hybridized carbons (Fsp3) is 0.348. The molecule has 0 bridgehead atoms. The standard InChI is InChI=1S/C23H20Cl2F4N2O/c1-30-16(10-13-2-3-14(11-20(13)30)23(27,28)29)12-18-19(24)5-4-17(21(18)25)22(32)31-8-6-15(26)7-9-31/h2-5,10-11,15H,6-9,12H2,1H3. The molecule has 3 aromatic rings. The van der Waals surface area contributed by atoms with Crippen molar-refractivity contribution >= 4 is 40.0 Å². The molecule has 2 aromatic carbocycles. The van der Waals surface area contributed by atoms with Crippen molar-refractivity contribution in [2.75, 3.05) is 13.1 Å². The van der Waals surface area contributed by atoms with E-state index < -0.39 is 17.9 Å². The first kappa shape index (κ1) is 22.9. The maximum Gasteiger partial charge on any atom is 0.416 e. The summed E-state index contributed by atoms with van der Waals surface area (Å²) in [5, 5.41) is 1.21. The summed E-state index contributed by atoms with van der Waals surface area (Å²) in [6.45, 7) is 0.637. The summed E-state index contributed by atoms with van der Waals surface area (Å²) in [4.78, 5) is 14.5.